The third-order valence-electron chi connectivity index (χ3n) is 4.48. The first-order valence-corrected chi connectivity index (χ1v) is 11.1. The van der Waals surface area contributed by atoms with E-state index in [1.165, 1.54) is 17.4 Å². The molecule has 0 fully saturated rings. The Bertz CT molecular complexity index is 1160. The number of benzene rings is 1. The molecule has 1 aromatic heterocycles. The van der Waals surface area contributed by atoms with Gasteiger partial charge in [0.25, 0.3) is 15.9 Å². The second-order valence-corrected chi connectivity index (χ2v) is 9.27. The molecule has 1 aromatic carbocycles. The molecule has 7 nitrogen and oxygen atoms in total. The van der Waals surface area contributed by atoms with E-state index in [0.717, 1.165) is 22.4 Å². The Morgan fingerprint density at radius 2 is 2.07 bits per heavy atom. The fourth-order valence-electron chi connectivity index (χ4n) is 2.97. The van der Waals surface area contributed by atoms with Crippen LogP contribution in [0.4, 0.5) is 5.13 Å². The minimum absolute atomic E-state index is 0.0680. The molecule has 0 spiro atoms. The Balaban J connectivity index is 1.51. The van der Waals surface area contributed by atoms with Crippen LogP contribution in [0.1, 0.15) is 11.1 Å². The fourth-order valence-corrected chi connectivity index (χ4v) is 4.65. The molecule has 144 valence electrons. The van der Waals surface area contributed by atoms with E-state index >= 15 is 0 Å². The highest BCUT2D eigenvalue weighted by Crippen LogP contribution is 2.28. The van der Waals surface area contributed by atoms with E-state index in [4.69, 9.17) is 0 Å². The number of sulfonamides is 1. The first kappa shape index (κ1) is 18.6. The summed E-state index contributed by atoms with van der Waals surface area (Å²) in [6.45, 7) is 4.33. The van der Waals surface area contributed by atoms with E-state index in [1.807, 2.05) is 19.2 Å². The molecule has 0 aliphatic carbocycles. The van der Waals surface area contributed by atoms with Crippen LogP contribution >= 0.6 is 11.3 Å². The molecule has 0 unspecified atom stereocenters. The van der Waals surface area contributed by atoms with Gasteiger partial charge in [-0.05, 0) is 37.6 Å². The average molecular weight is 415 g/mol. The molecule has 9 heteroatoms. The summed E-state index contributed by atoms with van der Waals surface area (Å²) in [7, 11) is -3.41. The van der Waals surface area contributed by atoms with Crippen molar-refractivity contribution in [1.29, 1.82) is 0 Å². The summed E-state index contributed by atoms with van der Waals surface area (Å²) in [5.41, 5.74) is 4.56. The van der Waals surface area contributed by atoms with Crippen LogP contribution in [0.2, 0.25) is 0 Å². The van der Waals surface area contributed by atoms with Crippen LogP contribution < -0.4 is 5.32 Å². The molecule has 1 amide bonds. The van der Waals surface area contributed by atoms with Gasteiger partial charge in [0.15, 0.2) is 5.13 Å². The van der Waals surface area contributed by atoms with E-state index in [9.17, 15) is 13.2 Å². The summed E-state index contributed by atoms with van der Waals surface area (Å²) < 4.78 is 26.9. The molecule has 2 aliphatic heterocycles. The Morgan fingerprint density at radius 1 is 1.25 bits per heavy atom. The molecule has 0 radical (unpaired) electrons. The van der Waals surface area contributed by atoms with Crippen molar-refractivity contribution in [2.75, 3.05) is 17.6 Å². The molecule has 4 rings (SSSR count). The average Bonchev–Trinajstić information content (AvgIpc) is 3.10. The van der Waals surface area contributed by atoms with Gasteiger partial charge in [0, 0.05) is 23.7 Å². The SMILES string of the molecule is Cc1ccc(C)c(-c2csc(NC(=O)C3=CN4CCS(=O)(=O)N=C4C=C3)n2)c1. The summed E-state index contributed by atoms with van der Waals surface area (Å²) in [5.74, 6) is -0.0404. The van der Waals surface area contributed by atoms with Gasteiger partial charge in [-0.2, -0.15) is 0 Å². The number of aromatic nitrogens is 1. The van der Waals surface area contributed by atoms with Gasteiger partial charge in [-0.15, -0.1) is 15.7 Å². The highest BCUT2D eigenvalue weighted by atomic mass is 32.2. The number of hydrogen-bond donors (Lipinski definition) is 1. The van der Waals surface area contributed by atoms with E-state index in [2.05, 4.69) is 32.9 Å². The molecule has 3 heterocycles. The normalized spacial score (nSPS) is 17.6. The van der Waals surface area contributed by atoms with Crippen LogP contribution in [0.25, 0.3) is 11.3 Å². The summed E-state index contributed by atoms with van der Waals surface area (Å²) in [5, 5.41) is 5.24. The maximum atomic E-state index is 12.6. The van der Waals surface area contributed by atoms with Gasteiger partial charge in [-0.3, -0.25) is 10.1 Å². The summed E-state index contributed by atoms with van der Waals surface area (Å²) >= 11 is 1.36. The fraction of sp³-hybridized carbons (Fsp3) is 0.211. The quantitative estimate of drug-likeness (QED) is 0.834. The van der Waals surface area contributed by atoms with Crippen LogP contribution in [0.15, 0.2) is 51.9 Å². The molecule has 0 saturated carbocycles. The number of aryl methyl sites for hydroxylation is 2. The molecule has 2 aliphatic rings. The molecule has 0 atom stereocenters. The number of carbonyl (C=O) groups is 1. The molecule has 2 aromatic rings. The van der Waals surface area contributed by atoms with Gasteiger partial charge in [-0.1, -0.05) is 17.7 Å². The summed E-state index contributed by atoms with van der Waals surface area (Å²) in [4.78, 5) is 18.8. The highest BCUT2D eigenvalue weighted by molar-refractivity contribution is 7.90. The lowest BCUT2D eigenvalue weighted by Crippen LogP contribution is -2.37. The predicted molar refractivity (Wildman–Crippen MR) is 111 cm³/mol. The van der Waals surface area contributed by atoms with Crippen molar-refractivity contribution >= 4 is 38.2 Å². The molecule has 0 bridgehead atoms. The number of fused-ring (bicyclic) bond motifs is 1. The number of anilines is 1. The zero-order valence-electron chi connectivity index (χ0n) is 15.3. The zero-order chi connectivity index (χ0) is 19.9. The van der Waals surface area contributed by atoms with Crippen LogP contribution in [-0.2, 0) is 14.8 Å². The van der Waals surface area contributed by atoms with Gasteiger partial charge in [0.05, 0.1) is 17.0 Å². The lowest BCUT2D eigenvalue weighted by Gasteiger charge is -2.26. The van der Waals surface area contributed by atoms with Crippen LogP contribution in [-0.4, -0.2) is 42.3 Å². The number of thiazole rings is 1. The molecule has 1 N–H and O–H groups in total. The zero-order valence-corrected chi connectivity index (χ0v) is 17.0. The second kappa shape index (κ2) is 6.99. The van der Waals surface area contributed by atoms with E-state index in [0.29, 0.717) is 16.5 Å². The Morgan fingerprint density at radius 3 is 2.89 bits per heavy atom. The van der Waals surface area contributed by atoms with Gasteiger partial charge in [-0.25, -0.2) is 13.4 Å². The van der Waals surface area contributed by atoms with E-state index in [1.54, 1.807) is 17.2 Å². The van der Waals surface area contributed by atoms with Crippen molar-refractivity contribution in [3.63, 3.8) is 0 Å². The van der Waals surface area contributed by atoms with Crippen LogP contribution in [0.5, 0.6) is 0 Å². The first-order chi connectivity index (χ1) is 13.3. The molecular formula is C19H18N4O3S2. The number of amidine groups is 1. The smallest absolute Gasteiger partial charge is 0.258 e. The van der Waals surface area contributed by atoms with Gasteiger partial charge in [0.2, 0.25) is 0 Å². The topological polar surface area (TPSA) is 91.7 Å². The second-order valence-electron chi connectivity index (χ2n) is 6.66. The molecule has 28 heavy (non-hydrogen) atoms. The Hall–Kier alpha value is -2.78. The van der Waals surface area contributed by atoms with Crippen LogP contribution in [0.3, 0.4) is 0 Å². The van der Waals surface area contributed by atoms with Gasteiger partial charge in [0.1, 0.15) is 5.84 Å². The molecule has 0 saturated heterocycles. The maximum Gasteiger partial charge on any atom is 0.258 e. The Kier molecular flexibility index (Phi) is 4.64. The van der Waals surface area contributed by atoms with E-state index in [-0.39, 0.29) is 18.2 Å². The summed E-state index contributed by atoms with van der Waals surface area (Å²) in [6.07, 6.45) is 4.71. The van der Waals surface area contributed by atoms with E-state index < -0.39 is 10.0 Å². The Labute approximate surface area is 167 Å². The number of amides is 1. The van der Waals surface area contributed by atoms with Crippen molar-refractivity contribution < 1.29 is 13.2 Å². The number of nitrogens with one attached hydrogen (secondary N) is 1. The summed E-state index contributed by atoms with van der Waals surface area (Å²) in [6, 6.07) is 6.19. The minimum atomic E-state index is -3.41. The standard InChI is InChI=1S/C19H18N4O3S2/c1-12-3-4-13(2)15(9-12)16-11-27-19(20-16)21-18(24)14-5-6-17-22-28(25,26)8-7-23(17)10-14/h3-6,9-11H,7-8H2,1-2H3,(H,20,21,24). The number of hydrogen-bond acceptors (Lipinski definition) is 6. The third-order valence-corrected chi connectivity index (χ3v) is 6.40. The largest absolute Gasteiger partial charge is 0.330 e. The number of nitrogens with zero attached hydrogens (tertiary/aromatic N) is 3. The number of rotatable bonds is 3. The molecular weight excluding hydrogens is 396 g/mol. The lowest BCUT2D eigenvalue weighted by molar-refractivity contribution is -0.112. The van der Waals surface area contributed by atoms with Crippen molar-refractivity contribution in [2.45, 2.75) is 13.8 Å². The highest BCUT2D eigenvalue weighted by Gasteiger charge is 2.25. The maximum absolute atomic E-state index is 12.6. The van der Waals surface area contributed by atoms with Crippen molar-refractivity contribution in [3.05, 3.63) is 58.6 Å². The minimum Gasteiger partial charge on any atom is -0.330 e. The lowest BCUT2D eigenvalue weighted by atomic mass is 10.0. The third kappa shape index (κ3) is 3.76. The van der Waals surface area contributed by atoms with Gasteiger partial charge >= 0.3 is 0 Å². The predicted octanol–water partition coefficient (Wildman–Crippen LogP) is 2.86. The van der Waals surface area contributed by atoms with Crippen molar-refractivity contribution in [3.8, 4) is 11.3 Å². The van der Waals surface area contributed by atoms with Gasteiger partial charge < -0.3 is 4.90 Å². The first-order valence-electron chi connectivity index (χ1n) is 8.64. The van der Waals surface area contributed by atoms with Crippen molar-refractivity contribution in [1.82, 2.24) is 9.88 Å². The monoisotopic (exact) mass is 414 g/mol. The van der Waals surface area contributed by atoms with Crippen molar-refractivity contribution in [2.24, 2.45) is 4.40 Å². The van der Waals surface area contributed by atoms with Crippen LogP contribution in [0, 0.1) is 13.8 Å². The number of carbonyl (C=O) groups excluding carboxylic acids is 1.